The summed E-state index contributed by atoms with van der Waals surface area (Å²) in [6.45, 7) is 2.11. The average Bonchev–Trinajstić information content (AvgIpc) is 3.32. The Kier molecular flexibility index (Phi) is 9.78. The van der Waals surface area contributed by atoms with Crippen LogP contribution in [0.25, 0.3) is 0 Å². The summed E-state index contributed by atoms with van der Waals surface area (Å²) in [6.07, 6.45) is 4.26. The summed E-state index contributed by atoms with van der Waals surface area (Å²) in [4.78, 5) is 27.9. The number of hydrogen-bond donors (Lipinski definition) is 1. The second-order valence-corrected chi connectivity index (χ2v) is 10.0. The summed E-state index contributed by atoms with van der Waals surface area (Å²) in [5, 5.41) is 4.29. The van der Waals surface area contributed by atoms with E-state index in [-0.39, 0.29) is 23.6 Å². The lowest BCUT2D eigenvalue weighted by atomic mass is 10.1. The van der Waals surface area contributed by atoms with Crippen molar-refractivity contribution in [3.63, 3.8) is 0 Å². The molecule has 1 fully saturated rings. The third-order valence-electron chi connectivity index (χ3n) is 5.89. The molecule has 8 heteroatoms. The lowest BCUT2D eigenvalue weighted by molar-refractivity contribution is -0.138. The summed E-state index contributed by atoms with van der Waals surface area (Å²) in [5.74, 6) is 1.22. The Morgan fingerprint density at radius 2 is 1.82 bits per heavy atom. The molecular formula is C25H30Cl2N2O3S. The number of rotatable bonds is 10. The van der Waals surface area contributed by atoms with Crippen LogP contribution in [0.15, 0.2) is 42.5 Å². The molecule has 0 aromatic heterocycles. The summed E-state index contributed by atoms with van der Waals surface area (Å²) >= 11 is 14.0. The van der Waals surface area contributed by atoms with Gasteiger partial charge in [0.2, 0.25) is 11.8 Å². The number of thioether (sulfide) groups is 1. The van der Waals surface area contributed by atoms with Gasteiger partial charge in [-0.2, -0.15) is 0 Å². The Morgan fingerprint density at radius 3 is 2.48 bits per heavy atom. The van der Waals surface area contributed by atoms with Crippen LogP contribution in [-0.4, -0.2) is 41.7 Å². The van der Waals surface area contributed by atoms with Crippen LogP contribution >= 0.6 is 35.0 Å². The summed E-state index contributed by atoms with van der Waals surface area (Å²) < 4.78 is 5.32. The fourth-order valence-electron chi connectivity index (χ4n) is 3.94. The Balaban J connectivity index is 1.70. The highest BCUT2D eigenvalue weighted by molar-refractivity contribution is 7.99. The van der Waals surface area contributed by atoms with Gasteiger partial charge in [0.25, 0.3) is 0 Å². The molecule has 2 aromatic rings. The zero-order chi connectivity index (χ0) is 23.8. The molecular weight excluding hydrogens is 479 g/mol. The highest BCUT2D eigenvalue weighted by atomic mass is 35.5. The largest absolute Gasteiger partial charge is 0.497 e. The summed E-state index contributed by atoms with van der Waals surface area (Å²) in [5.41, 5.74) is 1.72. The lowest BCUT2D eigenvalue weighted by Gasteiger charge is -2.30. The molecule has 0 unspecified atom stereocenters. The van der Waals surface area contributed by atoms with Gasteiger partial charge in [-0.25, -0.2) is 0 Å². The molecule has 1 aliphatic carbocycles. The molecule has 178 valence electrons. The highest BCUT2D eigenvalue weighted by Crippen LogP contribution is 2.28. The molecule has 1 saturated carbocycles. The molecule has 0 saturated heterocycles. The predicted molar refractivity (Wildman–Crippen MR) is 136 cm³/mol. The summed E-state index contributed by atoms with van der Waals surface area (Å²) in [6, 6.07) is 12.5. The van der Waals surface area contributed by atoms with Crippen LogP contribution < -0.4 is 10.1 Å². The van der Waals surface area contributed by atoms with Gasteiger partial charge in [-0.05, 0) is 55.2 Å². The van der Waals surface area contributed by atoms with Crippen molar-refractivity contribution in [3.8, 4) is 5.75 Å². The Hall–Kier alpha value is -1.89. The first kappa shape index (κ1) is 25.7. The van der Waals surface area contributed by atoms with Crippen LogP contribution in [0.1, 0.15) is 43.7 Å². The van der Waals surface area contributed by atoms with Gasteiger partial charge in [0, 0.05) is 28.4 Å². The topological polar surface area (TPSA) is 58.6 Å². The second-order valence-electron chi connectivity index (χ2n) is 8.23. The first-order chi connectivity index (χ1) is 15.9. The molecule has 0 heterocycles. The van der Waals surface area contributed by atoms with Crippen molar-refractivity contribution in [1.82, 2.24) is 10.2 Å². The summed E-state index contributed by atoms with van der Waals surface area (Å²) in [7, 11) is 1.61. The minimum Gasteiger partial charge on any atom is -0.497 e. The molecule has 5 nitrogen and oxygen atoms in total. The number of nitrogens with one attached hydrogen (secondary N) is 1. The monoisotopic (exact) mass is 508 g/mol. The first-order valence-electron chi connectivity index (χ1n) is 11.1. The number of hydrogen-bond acceptors (Lipinski definition) is 4. The SMILES string of the molecule is COc1cccc(CN(C(=O)CSCc2c(Cl)cccc2Cl)[C@H](C)C(=O)NC2CCCC2)c1. The van der Waals surface area contributed by atoms with Crippen molar-refractivity contribution in [2.24, 2.45) is 0 Å². The number of halogens is 2. The molecule has 2 aromatic carbocycles. The predicted octanol–water partition coefficient (Wildman–Crippen LogP) is 5.71. The van der Waals surface area contributed by atoms with E-state index >= 15 is 0 Å². The maximum absolute atomic E-state index is 13.3. The first-order valence-corrected chi connectivity index (χ1v) is 13.0. The number of carbonyl (C=O) groups is 2. The smallest absolute Gasteiger partial charge is 0.242 e. The van der Waals surface area contributed by atoms with Crippen LogP contribution in [0, 0.1) is 0 Å². The average molecular weight is 509 g/mol. The van der Waals surface area contributed by atoms with E-state index in [1.54, 1.807) is 37.1 Å². The Bertz CT molecular complexity index is 946. The molecule has 0 aliphatic heterocycles. The molecule has 0 radical (unpaired) electrons. The number of amides is 2. The zero-order valence-corrected chi connectivity index (χ0v) is 21.3. The molecule has 1 atom stereocenters. The Morgan fingerprint density at radius 1 is 1.15 bits per heavy atom. The minimum absolute atomic E-state index is 0.111. The van der Waals surface area contributed by atoms with Crippen molar-refractivity contribution >= 4 is 46.8 Å². The van der Waals surface area contributed by atoms with Crippen molar-refractivity contribution in [3.05, 3.63) is 63.6 Å². The van der Waals surface area contributed by atoms with E-state index in [1.807, 2.05) is 24.3 Å². The fraction of sp³-hybridized carbons (Fsp3) is 0.440. The third-order valence-corrected chi connectivity index (χ3v) is 7.54. The number of carbonyl (C=O) groups excluding carboxylic acids is 2. The quantitative estimate of drug-likeness (QED) is 0.446. The van der Waals surface area contributed by atoms with Crippen LogP contribution in [0.5, 0.6) is 5.75 Å². The zero-order valence-electron chi connectivity index (χ0n) is 19.0. The van der Waals surface area contributed by atoms with Crippen molar-refractivity contribution in [2.45, 2.75) is 57.0 Å². The number of methoxy groups -OCH3 is 1. The van der Waals surface area contributed by atoms with Gasteiger partial charge in [-0.1, -0.05) is 54.2 Å². The molecule has 2 amide bonds. The third kappa shape index (κ3) is 7.29. The molecule has 1 N–H and O–H groups in total. The van der Waals surface area contributed by atoms with E-state index in [0.29, 0.717) is 28.1 Å². The van der Waals surface area contributed by atoms with Gasteiger partial charge in [-0.15, -0.1) is 11.8 Å². The van der Waals surface area contributed by atoms with E-state index in [1.165, 1.54) is 11.8 Å². The molecule has 1 aliphatic rings. The number of nitrogens with zero attached hydrogens (tertiary/aromatic N) is 1. The van der Waals surface area contributed by atoms with E-state index in [0.717, 1.165) is 36.8 Å². The van der Waals surface area contributed by atoms with Crippen LogP contribution in [0.4, 0.5) is 0 Å². The van der Waals surface area contributed by atoms with E-state index < -0.39 is 6.04 Å². The standard InChI is InChI=1S/C25H30Cl2N2O3S/c1-17(25(31)28-19-8-3-4-9-19)29(14-18-7-5-10-20(13-18)32-2)24(30)16-33-15-21-22(26)11-6-12-23(21)27/h5-7,10-13,17,19H,3-4,8-9,14-16H2,1-2H3,(H,28,31)/t17-/m1/s1. The minimum atomic E-state index is -0.589. The van der Waals surface area contributed by atoms with Crippen LogP contribution in [-0.2, 0) is 21.9 Å². The molecule has 0 bridgehead atoms. The van der Waals surface area contributed by atoms with Gasteiger partial charge in [0.05, 0.1) is 12.9 Å². The van der Waals surface area contributed by atoms with Crippen LogP contribution in [0.3, 0.4) is 0 Å². The van der Waals surface area contributed by atoms with E-state index in [4.69, 9.17) is 27.9 Å². The van der Waals surface area contributed by atoms with Gasteiger partial charge >= 0.3 is 0 Å². The molecule has 33 heavy (non-hydrogen) atoms. The maximum Gasteiger partial charge on any atom is 0.242 e. The maximum atomic E-state index is 13.3. The fourth-order valence-corrected chi connectivity index (χ4v) is 5.58. The number of benzene rings is 2. The van der Waals surface area contributed by atoms with E-state index in [2.05, 4.69) is 5.32 Å². The van der Waals surface area contributed by atoms with E-state index in [9.17, 15) is 9.59 Å². The van der Waals surface area contributed by atoms with Gasteiger partial charge in [0.15, 0.2) is 0 Å². The van der Waals surface area contributed by atoms with Crippen molar-refractivity contribution in [1.29, 1.82) is 0 Å². The van der Waals surface area contributed by atoms with Crippen molar-refractivity contribution in [2.75, 3.05) is 12.9 Å². The Labute approximate surface area is 210 Å². The van der Waals surface area contributed by atoms with Gasteiger partial charge in [0.1, 0.15) is 11.8 Å². The van der Waals surface area contributed by atoms with Gasteiger partial charge in [-0.3, -0.25) is 9.59 Å². The van der Waals surface area contributed by atoms with Crippen molar-refractivity contribution < 1.29 is 14.3 Å². The molecule has 0 spiro atoms. The molecule has 3 rings (SSSR count). The highest BCUT2D eigenvalue weighted by Gasteiger charge is 2.28. The lowest BCUT2D eigenvalue weighted by Crippen LogP contribution is -2.50. The number of ether oxygens (including phenoxy) is 1. The van der Waals surface area contributed by atoms with Gasteiger partial charge < -0.3 is 15.0 Å². The van der Waals surface area contributed by atoms with Crippen LogP contribution in [0.2, 0.25) is 10.0 Å². The second kappa shape index (κ2) is 12.5. The normalized spacial score (nSPS) is 14.7.